The van der Waals surface area contributed by atoms with Crippen LogP contribution in [0.25, 0.3) is 0 Å². The Morgan fingerprint density at radius 3 is 2.40 bits per heavy atom. The van der Waals surface area contributed by atoms with Crippen molar-refractivity contribution >= 4 is 35.1 Å². The quantitative estimate of drug-likeness (QED) is 0.172. The zero-order valence-electron chi connectivity index (χ0n) is 22.4. The minimum atomic E-state index is -5.12. The fourth-order valence-electron chi connectivity index (χ4n) is 5.31. The summed E-state index contributed by atoms with van der Waals surface area (Å²) >= 11 is 12.0. The van der Waals surface area contributed by atoms with Crippen LogP contribution < -0.4 is 5.32 Å². The molecule has 1 aliphatic rings. The van der Waals surface area contributed by atoms with Crippen molar-refractivity contribution in [3.05, 3.63) is 69.2 Å². The lowest BCUT2D eigenvalue weighted by molar-refractivity contribution is -0.200. The molecule has 7 nitrogen and oxygen atoms in total. The molecule has 4 atom stereocenters. The molecule has 4 unspecified atom stereocenters. The number of carboxylic acids is 1. The number of benzene rings is 2. The van der Waals surface area contributed by atoms with Gasteiger partial charge in [-0.05, 0) is 42.0 Å². The Morgan fingerprint density at radius 1 is 1.12 bits per heavy atom. The minimum Gasteiger partial charge on any atom is -0.480 e. The number of nitriles is 1. The monoisotopic (exact) mass is 636 g/mol. The summed E-state index contributed by atoms with van der Waals surface area (Å²) in [5, 5.41) is 23.5. The maximum Gasteiger partial charge on any atom is 0.490 e. The second kappa shape index (κ2) is 13.1. The van der Waals surface area contributed by atoms with Gasteiger partial charge in [0.2, 0.25) is 0 Å². The van der Waals surface area contributed by atoms with Crippen LogP contribution in [-0.2, 0) is 24.5 Å². The molecule has 14 heteroatoms. The van der Waals surface area contributed by atoms with Crippen LogP contribution >= 0.6 is 23.2 Å². The first kappa shape index (κ1) is 33.5. The van der Waals surface area contributed by atoms with Gasteiger partial charge in [-0.1, -0.05) is 55.2 Å². The number of nitrogens with zero attached hydrogens (tertiary/aromatic N) is 1. The highest BCUT2D eigenvalue weighted by Gasteiger charge is 2.61. The second-order valence-electron chi connectivity index (χ2n) is 10.6. The number of rotatable bonds is 11. The third-order valence-corrected chi connectivity index (χ3v) is 7.80. The largest absolute Gasteiger partial charge is 0.490 e. The number of ether oxygens (including phenoxy) is 2. The molecule has 1 saturated heterocycles. The Kier molecular flexibility index (Phi) is 10.5. The number of esters is 1. The predicted molar refractivity (Wildman–Crippen MR) is 142 cm³/mol. The maximum atomic E-state index is 15.5. The number of carbonyl (C=O) groups is 2. The van der Waals surface area contributed by atoms with E-state index < -0.39 is 65.2 Å². The first-order chi connectivity index (χ1) is 19.5. The molecular formula is C28H27Cl2F5N2O5. The van der Waals surface area contributed by atoms with Gasteiger partial charge in [-0.15, -0.1) is 0 Å². The summed E-state index contributed by atoms with van der Waals surface area (Å²) in [6.07, 6.45) is -4.79. The summed E-state index contributed by atoms with van der Waals surface area (Å²) in [4.78, 5) is 23.3. The van der Waals surface area contributed by atoms with Gasteiger partial charge in [0.05, 0.1) is 17.7 Å². The molecule has 0 bridgehead atoms. The van der Waals surface area contributed by atoms with Crippen molar-refractivity contribution in [2.24, 2.45) is 5.41 Å². The van der Waals surface area contributed by atoms with Crippen LogP contribution in [0.15, 0.2) is 36.4 Å². The smallest absolute Gasteiger partial charge is 0.480 e. The Morgan fingerprint density at radius 2 is 1.81 bits per heavy atom. The van der Waals surface area contributed by atoms with E-state index in [9.17, 15) is 33.1 Å². The molecule has 42 heavy (non-hydrogen) atoms. The molecule has 1 heterocycles. The molecule has 0 saturated carbocycles. The number of carbonyl (C=O) groups excluding carboxylic acids is 1. The number of nitrogens with one attached hydrogen (secondary N) is 1. The fourth-order valence-corrected chi connectivity index (χ4v) is 5.65. The third-order valence-electron chi connectivity index (χ3n) is 7.27. The van der Waals surface area contributed by atoms with Crippen LogP contribution in [0, 0.1) is 28.4 Å². The Bertz CT molecular complexity index is 1370. The summed E-state index contributed by atoms with van der Waals surface area (Å²) in [5.41, 5.74) is -3.04. The molecule has 3 rings (SSSR count). The molecule has 1 aliphatic heterocycles. The van der Waals surface area contributed by atoms with E-state index >= 15 is 8.78 Å². The summed E-state index contributed by atoms with van der Waals surface area (Å²) < 4.78 is 77.1. The van der Waals surface area contributed by atoms with E-state index in [1.165, 1.54) is 30.3 Å². The van der Waals surface area contributed by atoms with Crippen LogP contribution in [-0.4, -0.2) is 55.1 Å². The molecule has 0 aliphatic carbocycles. The van der Waals surface area contributed by atoms with E-state index in [-0.39, 0.29) is 47.2 Å². The van der Waals surface area contributed by atoms with Crippen molar-refractivity contribution in [3.63, 3.8) is 0 Å². The number of aliphatic carboxylic acids is 1. The van der Waals surface area contributed by atoms with E-state index in [1.54, 1.807) is 13.8 Å². The van der Waals surface area contributed by atoms with Crippen molar-refractivity contribution < 1.29 is 46.1 Å². The molecule has 2 aromatic rings. The van der Waals surface area contributed by atoms with E-state index in [0.29, 0.717) is 0 Å². The minimum absolute atomic E-state index is 0.00680. The highest BCUT2D eigenvalue weighted by Crippen LogP contribution is 2.53. The van der Waals surface area contributed by atoms with Crippen LogP contribution in [0.3, 0.4) is 0 Å². The molecule has 0 radical (unpaired) electrons. The van der Waals surface area contributed by atoms with Crippen molar-refractivity contribution in [3.8, 4) is 6.07 Å². The summed E-state index contributed by atoms with van der Waals surface area (Å²) in [6, 6.07) is 7.14. The summed E-state index contributed by atoms with van der Waals surface area (Å²) in [7, 11) is 0. The normalized spacial score (nSPS) is 22.5. The van der Waals surface area contributed by atoms with Gasteiger partial charge in [0, 0.05) is 29.2 Å². The van der Waals surface area contributed by atoms with Crippen LogP contribution in [0.4, 0.5) is 22.0 Å². The number of hydrogen-bond acceptors (Lipinski definition) is 6. The van der Waals surface area contributed by atoms with Gasteiger partial charge in [0.15, 0.2) is 0 Å². The van der Waals surface area contributed by atoms with E-state index in [4.69, 9.17) is 27.9 Å². The highest BCUT2D eigenvalue weighted by molar-refractivity contribution is 6.31. The van der Waals surface area contributed by atoms with Crippen molar-refractivity contribution in [2.75, 3.05) is 19.8 Å². The Labute approximate surface area is 248 Å². The lowest BCUT2D eigenvalue weighted by Gasteiger charge is -2.38. The van der Waals surface area contributed by atoms with Crippen LogP contribution in [0.1, 0.15) is 43.7 Å². The number of alkyl halides is 3. The topological polar surface area (TPSA) is 109 Å². The molecular weight excluding hydrogens is 610 g/mol. The highest BCUT2D eigenvalue weighted by atomic mass is 35.5. The Balaban J connectivity index is 1.94. The fraction of sp³-hybridized carbons (Fsp3) is 0.464. The molecule has 0 aromatic heterocycles. The van der Waals surface area contributed by atoms with E-state index in [1.807, 2.05) is 0 Å². The van der Waals surface area contributed by atoms with Crippen LogP contribution in [0.5, 0.6) is 0 Å². The molecule has 0 spiro atoms. The lowest BCUT2D eigenvalue weighted by atomic mass is 9.62. The van der Waals surface area contributed by atoms with Gasteiger partial charge in [-0.2, -0.15) is 18.4 Å². The standard InChI is InChI=1S/C28H27Cl2F5N2O5/c1-26(2,8-9-41-10-11-42-25(40)28(33,34)35)13-20-27(14-36,17-7-6-15(29)12-19(17)31)21(23(37-20)24(38)39)16-4-3-5-18(30)22(16)32/h3-7,12,20-21,23,37H,8-11,13H2,1-2H3,(H,38,39). The zero-order valence-corrected chi connectivity index (χ0v) is 23.9. The van der Waals surface area contributed by atoms with E-state index in [0.717, 1.165) is 6.07 Å². The van der Waals surface area contributed by atoms with E-state index in [2.05, 4.69) is 16.1 Å². The second-order valence-corrected chi connectivity index (χ2v) is 11.5. The predicted octanol–water partition coefficient (Wildman–Crippen LogP) is 6.17. The molecule has 2 aromatic carbocycles. The van der Waals surface area contributed by atoms with Gasteiger partial charge in [-0.25, -0.2) is 13.6 Å². The van der Waals surface area contributed by atoms with Crippen molar-refractivity contribution in [1.29, 1.82) is 5.26 Å². The molecule has 2 N–H and O–H groups in total. The SMILES string of the molecule is CC(C)(CCOCCOC(=O)C(F)(F)F)CC1NC(C(=O)O)C(c2cccc(Cl)c2F)C1(C#N)c1ccc(Cl)cc1F. The lowest BCUT2D eigenvalue weighted by Crippen LogP contribution is -2.45. The van der Waals surface area contributed by atoms with Gasteiger partial charge in [0.25, 0.3) is 0 Å². The van der Waals surface area contributed by atoms with Gasteiger partial charge >= 0.3 is 18.1 Å². The molecule has 0 amide bonds. The first-order valence-electron chi connectivity index (χ1n) is 12.7. The molecule has 228 valence electrons. The summed E-state index contributed by atoms with van der Waals surface area (Å²) in [6.45, 7) is 2.61. The number of carboxylic acid groups (broad SMARTS) is 1. The van der Waals surface area contributed by atoms with Gasteiger partial charge in [-0.3, -0.25) is 10.1 Å². The van der Waals surface area contributed by atoms with Crippen molar-refractivity contribution in [2.45, 2.75) is 56.3 Å². The summed E-state index contributed by atoms with van der Waals surface area (Å²) in [5.74, 6) is -6.98. The van der Waals surface area contributed by atoms with Crippen LogP contribution in [0.2, 0.25) is 10.0 Å². The van der Waals surface area contributed by atoms with Gasteiger partial charge in [0.1, 0.15) is 29.7 Å². The van der Waals surface area contributed by atoms with Gasteiger partial charge < -0.3 is 14.6 Å². The number of halogens is 7. The average Bonchev–Trinajstić information content (AvgIpc) is 3.21. The average molecular weight is 637 g/mol. The zero-order chi connectivity index (χ0) is 31.5. The van der Waals surface area contributed by atoms with Crippen molar-refractivity contribution in [1.82, 2.24) is 5.32 Å². The maximum absolute atomic E-state index is 15.5. The molecule has 1 fully saturated rings. The first-order valence-corrected chi connectivity index (χ1v) is 13.4. The number of hydrogen-bond donors (Lipinski definition) is 2. The third kappa shape index (κ3) is 7.14. The Hall–Kier alpha value is -2.98.